The molecule has 5 rings (SSSR count). The van der Waals surface area contributed by atoms with Crippen LogP contribution in [0.4, 0.5) is 4.39 Å². The number of Topliss-reactive ketones (excluding diaryl/α,β-unsaturated/α-hetero) is 3. The Kier molecular flexibility index (Phi) is 11.7. The van der Waals surface area contributed by atoms with E-state index < -0.39 is 52.3 Å². The van der Waals surface area contributed by atoms with Gasteiger partial charge in [-0.2, -0.15) is 0 Å². The maximum Gasteiger partial charge on any atom is 0.246 e. The van der Waals surface area contributed by atoms with Gasteiger partial charge in [0.25, 0.3) is 0 Å². The van der Waals surface area contributed by atoms with E-state index in [-0.39, 0.29) is 54.9 Å². The van der Waals surface area contributed by atoms with Crippen molar-refractivity contribution in [1.82, 2.24) is 10.2 Å². The molecule has 2 aliphatic carbocycles. The molecule has 2 saturated carbocycles. The lowest BCUT2D eigenvalue weighted by Gasteiger charge is -2.36. The van der Waals surface area contributed by atoms with Gasteiger partial charge >= 0.3 is 0 Å². The van der Waals surface area contributed by atoms with E-state index in [9.17, 15) is 28.4 Å². The Hall–Kier alpha value is -3.14. The average Bonchev–Trinajstić information content (AvgIpc) is 3.74. The van der Waals surface area contributed by atoms with Crippen molar-refractivity contribution in [1.29, 1.82) is 0 Å². The monoisotopic (exact) mass is 699 g/mol. The van der Waals surface area contributed by atoms with E-state index in [0.717, 1.165) is 38.5 Å². The molecule has 0 radical (unpaired) electrons. The number of nitrogens with one attached hydrogen (secondary N) is 1. The molecule has 0 bridgehead atoms. The summed E-state index contributed by atoms with van der Waals surface area (Å²) in [5.41, 5.74) is -0.640. The molecule has 1 saturated heterocycles. The highest BCUT2D eigenvalue weighted by Gasteiger charge is 2.55. The van der Waals surface area contributed by atoms with Crippen molar-refractivity contribution in [2.24, 2.45) is 28.3 Å². The first-order valence-corrected chi connectivity index (χ1v) is 18.5. The molecule has 1 aromatic rings. The van der Waals surface area contributed by atoms with Gasteiger partial charge in [0.2, 0.25) is 17.6 Å². The number of carbonyl (C=O) groups is 5. The molecule has 11 heteroatoms. The van der Waals surface area contributed by atoms with E-state index in [1.807, 2.05) is 20.8 Å². The first-order chi connectivity index (χ1) is 23.2. The van der Waals surface area contributed by atoms with E-state index in [1.165, 1.54) is 29.9 Å². The van der Waals surface area contributed by atoms with Crippen LogP contribution in [0.1, 0.15) is 123 Å². The summed E-state index contributed by atoms with van der Waals surface area (Å²) < 4.78 is 13.9. The van der Waals surface area contributed by atoms with Crippen molar-refractivity contribution >= 4 is 46.5 Å². The number of rotatable bonds is 13. The van der Waals surface area contributed by atoms with Crippen LogP contribution in [0.25, 0.3) is 0 Å². The Morgan fingerprint density at radius 2 is 1.76 bits per heavy atom. The van der Waals surface area contributed by atoms with Gasteiger partial charge in [-0.15, -0.1) is 0 Å². The zero-order chi connectivity index (χ0) is 35.5. The van der Waals surface area contributed by atoms with Crippen molar-refractivity contribution in [3.05, 3.63) is 34.6 Å². The predicted octanol–water partition coefficient (Wildman–Crippen LogP) is 6.76. The van der Waals surface area contributed by atoms with Crippen molar-refractivity contribution in [2.75, 3.05) is 6.54 Å². The van der Waals surface area contributed by atoms with E-state index in [4.69, 9.17) is 16.4 Å². The van der Waals surface area contributed by atoms with Crippen LogP contribution >= 0.6 is 11.6 Å². The third kappa shape index (κ3) is 9.16. The van der Waals surface area contributed by atoms with Crippen LogP contribution in [0.2, 0.25) is 5.02 Å². The Balaban J connectivity index is 1.40. The van der Waals surface area contributed by atoms with Crippen LogP contribution in [0.15, 0.2) is 23.4 Å². The molecule has 2 aliphatic heterocycles. The molecule has 1 N–H and O–H groups in total. The van der Waals surface area contributed by atoms with Gasteiger partial charge in [0.05, 0.1) is 23.3 Å². The van der Waals surface area contributed by atoms with E-state index in [2.05, 4.69) is 10.5 Å². The second-order valence-corrected chi connectivity index (χ2v) is 16.3. The third-order valence-electron chi connectivity index (χ3n) is 10.7. The number of hydrogen-bond acceptors (Lipinski definition) is 7. The van der Waals surface area contributed by atoms with Crippen LogP contribution < -0.4 is 5.32 Å². The molecule has 268 valence electrons. The quantitative estimate of drug-likeness (QED) is 0.179. The van der Waals surface area contributed by atoms with Crippen LogP contribution in [0, 0.1) is 29.0 Å². The highest BCUT2D eigenvalue weighted by atomic mass is 35.5. The van der Waals surface area contributed by atoms with Crippen molar-refractivity contribution in [3.63, 3.8) is 0 Å². The Labute approximate surface area is 294 Å². The first-order valence-electron chi connectivity index (χ1n) is 18.1. The molecule has 0 aromatic heterocycles. The normalized spacial score (nSPS) is 24.2. The first kappa shape index (κ1) is 37.1. The summed E-state index contributed by atoms with van der Waals surface area (Å²) in [7, 11) is 0. The van der Waals surface area contributed by atoms with E-state index in [1.54, 1.807) is 13.0 Å². The minimum atomic E-state index is -1.05. The van der Waals surface area contributed by atoms with Gasteiger partial charge < -0.3 is 15.1 Å². The average molecular weight is 700 g/mol. The van der Waals surface area contributed by atoms with Crippen LogP contribution in [-0.4, -0.2) is 64.0 Å². The molecule has 0 unspecified atom stereocenters. The Bertz CT molecular complexity index is 1480. The molecule has 49 heavy (non-hydrogen) atoms. The highest BCUT2D eigenvalue weighted by Crippen LogP contribution is 2.42. The summed E-state index contributed by atoms with van der Waals surface area (Å²) >= 11 is 6.05. The summed E-state index contributed by atoms with van der Waals surface area (Å²) in [4.78, 5) is 75.5. The zero-order valence-corrected chi connectivity index (χ0v) is 30.1. The minimum Gasteiger partial charge on any atom is -0.387 e. The largest absolute Gasteiger partial charge is 0.387 e. The van der Waals surface area contributed by atoms with Crippen molar-refractivity contribution in [3.8, 4) is 0 Å². The lowest BCUT2D eigenvalue weighted by Crippen LogP contribution is -2.57. The van der Waals surface area contributed by atoms with Crippen molar-refractivity contribution < 1.29 is 33.2 Å². The second kappa shape index (κ2) is 15.4. The second-order valence-electron chi connectivity index (χ2n) is 15.9. The van der Waals surface area contributed by atoms with Crippen LogP contribution in [-0.2, 0) is 28.8 Å². The summed E-state index contributed by atoms with van der Waals surface area (Å²) in [6.45, 7) is 7.32. The Morgan fingerprint density at radius 1 is 1.06 bits per heavy atom. The molecule has 2 heterocycles. The predicted molar refractivity (Wildman–Crippen MR) is 184 cm³/mol. The number of oxime groups is 1. The third-order valence-corrected chi connectivity index (χ3v) is 11.0. The maximum absolute atomic E-state index is 14.6. The number of ketones is 3. The summed E-state index contributed by atoms with van der Waals surface area (Å²) in [5.74, 6) is -2.62. The molecule has 9 nitrogen and oxygen atoms in total. The highest BCUT2D eigenvalue weighted by molar-refractivity contribution is 6.38. The van der Waals surface area contributed by atoms with E-state index >= 15 is 0 Å². The number of amides is 2. The standard InChI is InChI=1S/C38H51ClFN3O6/c1-5-31(44)34(47)26(16-24-12-13-24)19-32(45)30-21-38(20-29(42-49-38)25-14-15-28(40)27(39)18-25)22-43(30)36(48)35(37(2,3)4)41-33(46)17-23-10-8-6-7-9-11-23/h14-15,18,23-24,26,30,35H,5-13,16-17,19-22H2,1-4H3,(H,41,46)/t26-,30+,35-,38-/m1/s1. The summed E-state index contributed by atoms with van der Waals surface area (Å²) in [6.07, 6.45) is 9.57. The fraction of sp³-hybridized carbons (Fsp3) is 0.684. The van der Waals surface area contributed by atoms with Gasteiger partial charge in [-0.05, 0) is 48.6 Å². The summed E-state index contributed by atoms with van der Waals surface area (Å²) in [5, 5.41) is 7.29. The van der Waals surface area contributed by atoms with Crippen LogP contribution in [0.3, 0.4) is 0 Å². The molecule has 2 amide bonds. The van der Waals surface area contributed by atoms with E-state index in [0.29, 0.717) is 30.0 Å². The van der Waals surface area contributed by atoms with Crippen molar-refractivity contribution in [2.45, 2.75) is 135 Å². The smallest absolute Gasteiger partial charge is 0.246 e. The molecule has 4 atom stereocenters. The molecule has 3 fully saturated rings. The molecular formula is C38H51ClFN3O6. The van der Waals surface area contributed by atoms with Gasteiger partial charge in [-0.1, -0.05) is 89.0 Å². The van der Waals surface area contributed by atoms with Crippen LogP contribution in [0.5, 0.6) is 0 Å². The fourth-order valence-electron chi connectivity index (χ4n) is 7.70. The number of halogens is 2. The number of hydrogen-bond donors (Lipinski definition) is 1. The number of nitrogens with zero attached hydrogens (tertiary/aromatic N) is 2. The fourth-order valence-corrected chi connectivity index (χ4v) is 7.88. The zero-order valence-electron chi connectivity index (χ0n) is 29.3. The molecule has 1 aromatic carbocycles. The lowest BCUT2D eigenvalue weighted by molar-refractivity contribution is -0.145. The molecular weight excluding hydrogens is 649 g/mol. The lowest BCUT2D eigenvalue weighted by atomic mass is 9.84. The topological polar surface area (TPSA) is 122 Å². The van der Waals surface area contributed by atoms with Gasteiger partial charge in [0, 0.05) is 43.6 Å². The molecule has 4 aliphatic rings. The van der Waals surface area contributed by atoms with Gasteiger partial charge in [0.1, 0.15) is 11.9 Å². The number of benzene rings is 1. The van der Waals surface area contributed by atoms with Gasteiger partial charge in [-0.25, -0.2) is 4.39 Å². The summed E-state index contributed by atoms with van der Waals surface area (Å²) in [6, 6.07) is 2.41. The van der Waals surface area contributed by atoms with Gasteiger partial charge in [-0.3, -0.25) is 24.0 Å². The maximum atomic E-state index is 14.6. The number of carbonyl (C=O) groups excluding carboxylic acids is 5. The Morgan fingerprint density at radius 3 is 2.37 bits per heavy atom. The van der Waals surface area contributed by atoms with Gasteiger partial charge in [0.15, 0.2) is 17.2 Å². The SMILES string of the molecule is CCC(=O)C(=O)[C@@H](CC(=O)[C@@H]1C[C@]2(CC(c3ccc(F)c(Cl)c3)=NO2)CN1C(=O)[C@@H](NC(=O)CC1CCCCCC1)C(C)(C)C)CC1CC1. The number of likely N-dealkylation sites (tertiary alicyclic amines) is 1. The minimum absolute atomic E-state index is 0.0321. The molecule has 1 spiro atoms.